The molecule has 0 saturated carbocycles. The van der Waals surface area contributed by atoms with Crippen molar-refractivity contribution in [2.24, 2.45) is 0 Å². The first kappa shape index (κ1) is 20.3. The van der Waals surface area contributed by atoms with E-state index in [0.29, 0.717) is 11.1 Å². The van der Waals surface area contributed by atoms with Crippen molar-refractivity contribution in [1.82, 2.24) is 4.72 Å². The number of amides is 1. The molecule has 1 N–H and O–H groups in total. The molecule has 6 heteroatoms. The van der Waals surface area contributed by atoms with Crippen LogP contribution in [0, 0.1) is 6.92 Å². The third kappa shape index (κ3) is 3.88. The van der Waals surface area contributed by atoms with Gasteiger partial charge in [-0.3, -0.25) is 4.79 Å². The molecule has 1 heterocycles. The summed E-state index contributed by atoms with van der Waals surface area (Å²) in [6.07, 6.45) is 0.781. The van der Waals surface area contributed by atoms with E-state index < -0.39 is 10.0 Å². The van der Waals surface area contributed by atoms with Crippen molar-refractivity contribution in [1.29, 1.82) is 0 Å². The number of hydrogen-bond donors (Lipinski definition) is 1. The topological polar surface area (TPSA) is 66.5 Å². The molecule has 4 rings (SSSR count). The zero-order chi connectivity index (χ0) is 21.3. The Balaban J connectivity index is 1.58. The van der Waals surface area contributed by atoms with Gasteiger partial charge in [0.2, 0.25) is 10.0 Å². The van der Waals surface area contributed by atoms with E-state index in [1.807, 2.05) is 66.4 Å². The fourth-order valence-electron chi connectivity index (χ4n) is 3.91. The first-order valence-corrected chi connectivity index (χ1v) is 11.4. The van der Waals surface area contributed by atoms with Gasteiger partial charge in [-0.1, -0.05) is 48.5 Å². The molecule has 3 aromatic carbocycles. The van der Waals surface area contributed by atoms with Crippen LogP contribution in [-0.2, 0) is 23.0 Å². The minimum atomic E-state index is -3.62. The maximum atomic E-state index is 13.1. The van der Waals surface area contributed by atoms with Gasteiger partial charge in [0, 0.05) is 23.8 Å². The van der Waals surface area contributed by atoms with Gasteiger partial charge in [-0.25, -0.2) is 13.1 Å². The van der Waals surface area contributed by atoms with E-state index in [1.54, 1.807) is 25.1 Å². The molecule has 1 atom stereocenters. The number of sulfonamides is 1. The largest absolute Gasteiger partial charge is 0.305 e. The molecule has 0 bridgehead atoms. The van der Waals surface area contributed by atoms with E-state index in [4.69, 9.17) is 0 Å². The van der Waals surface area contributed by atoms with E-state index in [0.717, 1.165) is 23.2 Å². The second-order valence-electron chi connectivity index (χ2n) is 7.65. The van der Waals surface area contributed by atoms with E-state index in [-0.39, 0.29) is 23.4 Å². The average molecular weight is 421 g/mol. The van der Waals surface area contributed by atoms with Crippen LogP contribution in [0.5, 0.6) is 0 Å². The number of fused-ring (bicyclic) bond motifs is 1. The Morgan fingerprint density at radius 2 is 1.73 bits per heavy atom. The number of rotatable bonds is 5. The van der Waals surface area contributed by atoms with Gasteiger partial charge in [-0.2, -0.15) is 0 Å². The van der Waals surface area contributed by atoms with Gasteiger partial charge < -0.3 is 4.90 Å². The number of aryl methyl sites for hydroxylation is 1. The van der Waals surface area contributed by atoms with Crippen molar-refractivity contribution in [2.45, 2.75) is 37.8 Å². The molecule has 30 heavy (non-hydrogen) atoms. The summed E-state index contributed by atoms with van der Waals surface area (Å²) in [5.41, 5.74) is 4.10. The summed E-state index contributed by atoms with van der Waals surface area (Å²) in [4.78, 5) is 15.2. The van der Waals surface area contributed by atoms with Crippen LogP contribution in [-0.4, -0.2) is 20.4 Å². The van der Waals surface area contributed by atoms with Crippen LogP contribution < -0.4 is 9.62 Å². The molecule has 0 aliphatic carbocycles. The highest BCUT2D eigenvalue weighted by Gasteiger charge is 2.31. The van der Waals surface area contributed by atoms with Gasteiger partial charge >= 0.3 is 0 Å². The summed E-state index contributed by atoms with van der Waals surface area (Å²) in [6.45, 7) is 3.96. The molecule has 154 valence electrons. The average Bonchev–Trinajstić information content (AvgIpc) is 3.07. The summed E-state index contributed by atoms with van der Waals surface area (Å²) >= 11 is 0. The molecule has 0 aromatic heterocycles. The molecule has 1 aliphatic rings. The summed E-state index contributed by atoms with van der Waals surface area (Å²) < 4.78 is 28.1. The molecular weight excluding hydrogens is 396 g/mol. The van der Waals surface area contributed by atoms with E-state index in [2.05, 4.69) is 4.72 Å². The lowest BCUT2D eigenvalue weighted by molar-refractivity contribution is 0.0981. The van der Waals surface area contributed by atoms with E-state index in [1.165, 1.54) is 0 Å². The molecule has 3 aromatic rings. The van der Waals surface area contributed by atoms with Crippen LogP contribution >= 0.6 is 0 Å². The second-order valence-corrected chi connectivity index (χ2v) is 9.38. The number of nitrogens with zero attached hydrogens (tertiary/aromatic N) is 1. The Labute approximate surface area is 177 Å². The third-order valence-corrected chi connectivity index (χ3v) is 7.02. The fraction of sp³-hybridized carbons (Fsp3) is 0.208. The number of carbonyl (C=O) groups excluding carboxylic acids is 1. The predicted molar refractivity (Wildman–Crippen MR) is 118 cm³/mol. The Bertz CT molecular complexity index is 1190. The normalized spacial score (nSPS) is 15.8. The summed E-state index contributed by atoms with van der Waals surface area (Å²) in [5, 5.41) is 0. The zero-order valence-electron chi connectivity index (χ0n) is 17.0. The Morgan fingerprint density at radius 3 is 2.47 bits per heavy atom. The smallest absolute Gasteiger partial charge is 0.258 e. The first-order valence-electron chi connectivity index (χ1n) is 9.92. The van der Waals surface area contributed by atoms with Gasteiger partial charge in [0.05, 0.1) is 4.90 Å². The summed E-state index contributed by atoms with van der Waals surface area (Å²) in [6, 6.07) is 22.0. The molecule has 0 saturated heterocycles. The molecular formula is C24H24N2O3S. The van der Waals surface area contributed by atoms with Crippen LogP contribution in [0.1, 0.15) is 34.0 Å². The molecule has 5 nitrogen and oxygen atoms in total. The number of benzene rings is 3. The molecule has 1 amide bonds. The third-order valence-electron chi connectivity index (χ3n) is 5.45. The zero-order valence-corrected chi connectivity index (χ0v) is 17.8. The van der Waals surface area contributed by atoms with Crippen molar-refractivity contribution in [3.63, 3.8) is 0 Å². The summed E-state index contributed by atoms with van der Waals surface area (Å²) in [5.74, 6) is -0.0421. The quantitative estimate of drug-likeness (QED) is 0.677. The van der Waals surface area contributed by atoms with Crippen molar-refractivity contribution in [2.75, 3.05) is 4.90 Å². The Kier molecular flexibility index (Phi) is 5.45. The van der Waals surface area contributed by atoms with Crippen molar-refractivity contribution in [3.8, 4) is 0 Å². The maximum absolute atomic E-state index is 13.1. The van der Waals surface area contributed by atoms with Gasteiger partial charge in [0.1, 0.15) is 0 Å². The van der Waals surface area contributed by atoms with Crippen LogP contribution in [0.3, 0.4) is 0 Å². The van der Waals surface area contributed by atoms with Crippen molar-refractivity contribution < 1.29 is 13.2 Å². The highest BCUT2D eigenvalue weighted by atomic mass is 32.2. The maximum Gasteiger partial charge on any atom is 0.258 e. The highest BCUT2D eigenvalue weighted by molar-refractivity contribution is 7.89. The second kappa shape index (κ2) is 8.05. The Morgan fingerprint density at radius 1 is 1.03 bits per heavy atom. The molecule has 1 aliphatic heterocycles. The van der Waals surface area contributed by atoms with Crippen LogP contribution in [0.15, 0.2) is 77.7 Å². The van der Waals surface area contributed by atoms with Gasteiger partial charge in [0.15, 0.2) is 0 Å². The predicted octanol–water partition coefficient (Wildman–Crippen LogP) is 4.06. The number of nitrogens with one attached hydrogen (secondary N) is 1. The lowest BCUT2D eigenvalue weighted by atomic mass is 10.1. The van der Waals surface area contributed by atoms with Crippen molar-refractivity contribution >= 4 is 21.6 Å². The monoisotopic (exact) mass is 420 g/mol. The number of hydrogen-bond acceptors (Lipinski definition) is 3. The van der Waals surface area contributed by atoms with Gasteiger partial charge in [0.25, 0.3) is 5.91 Å². The molecule has 0 unspecified atom stereocenters. The standard InChI is InChI=1S/C24H24N2O3S/c1-17-8-6-7-11-23(17)30(28,29)25-16-19-12-13-21-14-18(2)26(22(21)15-19)24(27)20-9-4-3-5-10-20/h3-13,15,18,25H,14,16H2,1-2H3/t18-/m0/s1. The minimum Gasteiger partial charge on any atom is -0.305 e. The van der Waals surface area contributed by atoms with Crippen LogP contribution in [0.25, 0.3) is 0 Å². The van der Waals surface area contributed by atoms with E-state index in [9.17, 15) is 13.2 Å². The number of anilines is 1. The van der Waals surface area contributed by atoms with E-state index >= 15 is 0 Å². The van der Waals surface area contributed by atoms with Crippen LogP contribution in [0.4, 0.5) is 5.69 Å². The lowest BCUT2D eigenvalue weighted by Crippen LogP contribution is -2.35. The minimum absolute atomic E-state index is 0.0421. The molecule has 0 spiro atoms. The Hall–Kier alpha value is -2.96. The summed E-state index contributed by atoms with van der Waals surface area (Å²) in [7, 11) is -3.62. The first-order chi connectivity index (χ1) is 14.4. The van der Waals surface area contributed by atoms with Crippen molar-refractivity contribution in [3.05, 3.63) is 95.1 Å². The highest BCUT2D eigenvalue weighted by Crippen LogP contribution is 2.34. The molecule has 0 radical (unpaired) electrons. The SMILES string of the molecule is Cc1ccccc1S(=O)(=O)NCc1ccc2c(c1)N(C(=O)c1ccccc1)[C@@H](C)C2. The fourth-order valence-corrected chi connectivity index (χ4v) is 5.17. The number of carbonyl (C=O) groups is 1. The van der Waals surface area contributed by atoms with Gasteiger partial charge in [-0.05, 0) is 61.2 Å². The van der Waals surface area contributed by atoms with Gasteiger partial charge in [-0.15, -0.1) is 0 Å². The van der Waals surface area contributed by atoms with Crippen LogP contribution in [0.2, 0.25) is 0 Å². The molecule has 0 fully saturated rings. The lowest BCUT2D eigenvalue weighted by Gasteiger charge is -2.23.